The Bertz CT molecular complexity index is 360. The van der Waals surface area contributed by atoms with Gasteiger partial charge in [-0.25, -0.2) is 0 Å². The van der Waals surface area contributed by atoms with E-state index < -0.39 is 0 Å². The Morgan fingerprint density at radius 3 is 0.885 bits per heavy atom. The lowest BCUT2D eigenvalue weighted by atomic mass is 9.96. The van der Waals surface area contributed by atoms with Crippen molar-refractivity contribution in [2.45, 2.75) is 83.1 Å². The van der Waals surface area contributed by atoms with Gasteiger partial charge in [-0.3, -0.25) is 20.1 Å². The van der Waals surface area contributed by atoms with Crippen LogP contribution in [0.15, 0.2) is 0 Å². The molecule has 0 fully saturated rings. The first kappa shape index (κ1) is 29.6. The zero-order chi connectivity index (χ0) is 22.0. The number of hydrogen-bond acceptors (Lipinski definition) is 6. The molecule has 0 bridgehead atoms. The maximum Gasteiger partial charge on any atom is 0.311 e. The molecular formula is C20H42O6. The summed E-state index contributed by atoms with van der Waals surface area (Å²) in [6.07, 6.45) is 0. The van der Waals surface area contributed by atoms with Crippen molar-refractivity contribution in [2.24, 2.45) is 21.7 Å². The summed E-state index contributed by atoms with van der Waals surface area (Å²) >= 11 is 0. The highest BCUT2D eigenvalue weighted by molar-refractivity contribution is 5.75. The minimum Gasteiger partial charge on any atom is -0.465 e. The molecule has 0 aliphatic carbocycles. The highest BCUT2D eigenvalue weighted by Gasteiger charge is 2.25. The maximum atomic E-state index is 11.3. The normalized spacial score (nSPS) is 12.1. The van der Waals surface area contributed by atoms with Gasteiger partial charge in [-0.2, -0.15) is 0 Å². The molecule has 6 heteroatoms. The van der Waals surface area contributed by atoms with E-state index in [1.165, 1.54) is 0 Å². The predicted octanol–water partition coefficient (Wildman–Crippen LogP) is 5.26. The lowest BCUT2D eigenvalue weighted by Crippen LogP contribution is -2.27. The second-order valence-electron chi connectivity index (χ2n) is 10.8. The second kappa shape index (κ2) is 11.5. The van der Waals surface area contributed by atoms with Crippen LogP contribution in [0, 0.1) is 21.7 Å². The Labute approximate surface area is 160 Å². The molecule has 0 saturated heterocycles. The molecule has 0 aliphatic rings. The molecule has 0 rings (SSSR count). The van der Waals surface area contributed by atoms with Crippen molar-refractivity contribution in [3.63, 3.8) is 0 Å². The highest BCUT2D eigenvalue weighted by atomic mass is 17.0. The summed E-state index contributed by atoms with van der Waals surface area (Å²) in [5.41, 5.74) is -0.654. The molecule has 158 valence electrons. The number of hydrogen-bond donors (Lipinski definition) is 2. The number of carbonyl (C=O) groups excluding carboxylic acids is 2. The van der Waals surface area contributed by atoms with E-state index in [-0.39, 0.29) is 33.6 Å². The van der Waals surface area contributed by atoms with Crippen molar-refractivity contribution >= 4 is 11.9 Å². The Morgan fingerprint density at radius 2 is 0.769 bits per heavy atom. The highest BCUT2D eigenvalue weighted by Crippen LogP contribution is 2.20. The van der Waals surface area contributed by atoms with Gasteiger partial charge in [0.05, 0.1) is 24.0 Å². The van der Waals surface area contributed by atoms with E-state index >= 15 is 0 Å². The van der Waals surface area contributed by atoms with Crippen molar-refractivity contribution in [3.05, 3.63) is 0 Å². The first-order valence-electron chi connectivity index (χ1n) is 8.80. The maximum absolute atomic E-state index is 11.3. The molecule has 0 aromatic rings. The summed E-state index contributed by atoms with van der Waals surface area (Å²) in [6.45, 7) is 24.4. The number of esters is 2. The second-order valence-corrected chi connectivity index (χ2v) is 10.8. The van der Waals surface area contributed by atoms with E-state index in [1.807, 2.05) is 83.1 Å². The first-order valence-corrected chi connectivity index (χ1v) is 8.80. The average molecular weight is 379 g/mol. The van der Waals surface area contributed by atoms with E-state index in [2.05, 4.69) is 0 Å². The van der Waals surface area contributed by atoms with E-state index in [0.29, 0.717) is 13.2 Å². The molecule has 0 spiro atoms. The van der Waals surface area contributed by atoms with Crippen molar-refractivity contribution in [1.29, 1.82) is 0 Å². The third kappa shape index (κ3) is 20.9. The fourth-order valence-electron chi connectivity index (χ4n) is 0.997. The fourth-order valence-corrected chi connectivity index (χ4v) is 0.997. The monoisotopic (exact) mass is 378 g/mol. The largest absolute Gasteiger partial charge is 0.465 e. The van der Waals surface area contributed by atoms with Gasteiger partial charge in [0, 0.05) is 0 Å². The number of ether oxygens (including phenoxy) is 2. The minimum atomic E-state index is -0.384. The number of rotatable bonds is 2. The lowest BCUT2D eigenvalue weighted by molar-refractivity contribution is -0.176. The van der Waals surface area contributed by atoms with Crippen molar-refractivity contribution in [2.75, 3.05) is 13.2 Å². The molecule has 0 saturated carbocycles. The van der Waals surface area contributed by atoms with Crippen molar-refractivity contribution in [3.8, 4) is 0 Å². The van der Waals surface area contributed by atoms with Gasteiger partial charge in [0.15, 0.2) is 0 Å². The molecule has 26 heavy (non-hydrogen) atoms. The molecule has 2 N–H and O–H groups in total. The summed E-state index contributed by atoms with van der Waals surface area (Å²) < 4.78 is 10.3. The van der Waals surface area contributed by atoms with Gasteiger partial charge in [-0.1, -0.05) is 41.5 Å². The summed E-state index contributed by atoms with van der Waals surface area (Å²) in [7, 11) is 0. The molecule has 0 unspecified atom stereocenters. The van der Waals surface area contributed by atoms with Crippen LogP contribution in [0.4, 0.5) is 0 Å². The first-order chi connectivity index (χ1) is 11.3. The standard InChI is InChI=1S/2C10H20O2.H2O2/c2*1-9(2,3)7-12-8(11)10(4,5)6;1-2/h2*7H2,1-6H3;1-2H. The third-order valence-electron chi connectivity index (χ3n) is 2.50. The van der Waals surface area contributed by atoms with Crippen LogP contribution in [0.1, 0.15) is 83.1 Å². The zero-order valence-electron chi connectivity index (χ0n) is 18.9. The summed E-state index contributed by atoms with van der Waals surface area (Å²) in [4.78, 5) is 22.6. The number of carbonyl (C=O) groups is 2. The fraction of sp³-hybridized carbons (Fsp3) is 0.900. The van der Waals surface area contributed by atoms with E-state index in [9.17, 15) is 9.59 Å². The molecule has 0 radical (unpaired) electrons. The predicted molar refractivity (Wildman–Crippen MR) is 105 cm³/mol. The molecule has 0 aromatic heterocycles. The van der Waals surface area contributed by atoms with Crippen LogP contribution < -0.4 is 0 Å². The quantitative estimate of drug-likeness (QED) is 0.387. The van der Waals surface area contributed by atoms with Crippen LogP contribution in [-0.4, -0.2) is 35.7 Å². The van der Waals surface area contributed by atoms with Crippen LogP contribution in [0.5, 0.6) is 0 Å². The molecule has 0 aromatic carbocycles. The van der Waals surface area contributed by atoms with Crippen LogP contribution in [0.2, 0.25) is 0 Å². The SMILES string of the molecule is CC(C)(C)COC(=O)C(C)(C)C.CC(C)(C)COC(=O)C(C)(C)C.OO. The van der Waals surface area contributed by atoms with Gasteiger partial charge < -0.3 is 9.47 Å². The van der Waals surface area contributed by atoms with Gasteiger partial charge in [0.1, 0.15) is 0 Å². The third-order valence-corrected chi connectivity index (χ3v) is 2.50. The Morgan fingerprint density at radius 1 is 0.577 bits per heavy atom. The smallest absolute Gasteiger partial charge is 0.311 e. The van der Waals surface area contributed by atoms with Gasteiger partial charge in [-0.15, -0.1) is 0 Å². The molecule has 0 aliphatic heterocycles. The van der Waals surface area contributed by atoms with Gasteiger partial charge in [0.2, 0.25) is 0 Å². The Balaban J connectivity index is -0.000000371. The van der Waals surface area contributed by atoms with Gasteiger partial charge in [-0.05, 0) is 52.4 Å². The van der Waals surface area contributed by atoms with Crippen LogP contribution in [0.25, 0.3) is 0 Å². The molecule has 0 heterocycles. The zero-order valence-corrected chi connectivity index (χ0v) is 18.9. The lowest BCUT2D eigenvalue weighted by Gasteiger charge is -2.22. The van der Waals surface area contributed by atoms with Crippen LogP contribution >= 0.6 is 0 Å². The molecular weight excluding hydrogens is 336 g/mol. The molecule has 0 amide bonds. The average Bonchev–Trinajstić information content (AvgIpc) is 2.41. The van der Waals surface area contributed by atoms with E-state index in [1.54, 1.807) is 0 Å². The summed E-state index contributed by atoms with van der Waals surface area (Å²) in [5.74, 6) is -0.255. The van der Waals surface area contributed by atoms with Gasteiger partial charge in [0.25, 0.3) is 0 Å². The van der Waals surface area contributed by atoms with E-state index in [4.69, 9.17) is 20.0 Å². The summed E-state index contributed by atoms with van der Waals surface area (Å²) in [6, 6.07) is 0. The summed E-state index contributed by atoms with van der Waals surface area (Å²) in [5, 5.41) is 12.0. The Hall–Kier alpha value is -1.14. The molecule has 6 nitrogen and oxygen atoms in total. The van der Waals surface area contributed by atoms with E-state index in [0.717, 1.165) is 0 Å². The molecule has 0 atom stereocenters. The van der Waals surface area contributed by atoms with Gasteiger partial charge >= 0.3 is 11.9 Å². The van der Waals surface area contributed by atoms with Crippen LogP contribution in [-0.2, 0) is 19.1 Å². The topological polar surface area (TPSA) is 93.1 Å². The van der Waals surface area contributed by atoms with Crippen molar-refractivity contribution in [1.82, 2.24) is 0 Å². The van der Waals surface area contributed by atoms with Crippen LogP contribution in [0.3, 0.4) is 0 Å². The minimum absolute atomic E-state index is 0.0565. The Kier molecular flexibility index (Phi) is 13.2. The van der Waals surface area contributed by atoms with Crippen molar-refractivity contribution < 1.29 is 29.6 Å².